The number of benzene rings is 2. The zero-order valence-electron chi connectivity index (χ0n) is 11.9. The molecular formula is C17H18BrF2N. The van der Waals surface area contributed by atoms with Crippen LogP contribution >= 0.6 is 15.9 Å². The van der Waals surface area contributed by atoms with E-state index in [1.165, 1.54) is 18.2 Å². The van der Waals surface area contributed by atoms with Gasteiger partial charge in [-0.1, -0.05) is 31.9 Å². The molecule has 0 fully saturated rings. The van der Waals surface area contributed by atoms with Gasteiger partial charge in [0.2, 0.25) is 0 Å². The van der Waals surface area contributed by atoms with E-state index in [0.29, 0.717) is 4.47 Å². The molecule has 0 aromatic heterocycles. The number of unbranched alkanes of at least 4 members (excludes halogenated alkanes) is 1. The summed E-state index contributed by atoms with van der Waals surface area (Å²) in [5, 5.41) is 3.33. The topological polar surface area (TPSA) is 12.0 Å². The minimum Gasteiger partial charge on any atom is -0.378 e. The van der Waals surface area contributed by atoms with Crippen molar-refractivity contribution in [3.8, 4) is 0 Å². The molecule has 112 valence electrons. The van der Waals surface area contributed by atoms with Gasteiger partial charge in [-0.2, -0.15) is 0 Å². The Balaban J connectivity index is 2.19. The van der Waals surface area contributed by atoms with Crippen LogP contribution in [0.4, 0.5) is 14.5 Å². The van der Waals surface area contributed by atoms with Crippen molar-refractivity contribution in [3.05, 3.63) is 64.1 Å². The normalized spacial score (nSPS) is 12.2. The molecule has 4 heteroatoms. The summed E-state index contributed by atoms with van der Waals surface area (Å²) in [6.07, 6.45) is 3.04. The number of halogens is 3. The van der Waals surface area contributed by atoms with Crippen LogP contribution < -0.4 is 5.32 Å². The van der Waals surface area contributed by atoms with Crippen LogP contribution in [0.25, 0.3) is 0 Å². The Morgan fingerprint density at radius 3 is 2.43 bits per heavy atom. The Bertz CT molecular complexity index is 584. The summed E-state index contributed by atoms with van der Waals surface area (Å²) in [6, 6.07) is 11.5. The van der Waals surface area contributed by atoms with E-state index in [4.69, 9.17) is 0 Å². The van der Waals surface area contributed by atoms with Crippen LogP contribution in [-0.2, 0) is 0 Å². The van der Waals surface area contributed by atoms with Gasteiger partial charge in [-0.05, 0) is 58.2 Å². The largest absolute Gasteiger partial charge is 0.378 e. The molecule has 2 aromatic rings. The SMILES string of the molecule is CCCCC(Nc1ccc(Br)c(F)c1)c1ccc(F)cc1. The van der Waals surface area contributed by atoms with Crippen molar-refractivity contribution < 1.29 is 8.78 Å². The average Bonchev–Trinajstić information content (AvgIpc) is 2.48. The van der Waals surface area contributed by atoms with Gasteiger partial charge in [0, 0.05) is 5.69 Å². The minimum atomic E-state index is -0.298. The van der Waals surface area contributed by atoms with Gasteiger partial charge < -0.3 is 5.32 Å². The van der Waals surface area contributed by atoms with Crippen molar-refractivity contribution >= 4 is 21.6 Å². The monoisotopic (exact) mass is 353 g/mol. The summed E-state index contributed by atoms with van der Waals surface area (Å²) in [4.78, 5) is 0. The quantitative estimate of drug-likeness (QED) is 0.664. The van der Waals surface area contributed by atoms with Gasteiger partial charge in [-0.25, -0.2) is 8.78 Å². The maximum atomic E-state index is 13.6. The predicted octanol–water partition coefficient (Wildman–Crippen LogP) is 6.07. The number of anilines is 1. The summed E-state index contributed by atoms with van der Waals surface area (Å²) in [7, 11) is 0. The Hall–Kier alpha value is -1.42. The van der Waals surface area contributed by atoms with Gasteiger partial charge in [-0.3, -0.25) is 0 Å². The first-order valence-electron chi connectivity index (χ1n) is 7.07. The molecule has 0 bridgehead atoms. The lowest BCUT2D eigenvalue weighted by molar-refractivity contribution is 0.612. The lowest BCUT2D eigenvalue weighted by Gasteiger charge is -2.20. The van der Waals surface area contributed by atoms with Crippen LogP contribution in [0.5, 0.6) is 0 Å². The van der Waals surface area contributed by atoms with Crippen LogP contribution in [0.1, 0.15) is 37.8 Å². The predicted molar refractivity (Wildman–Crippen MR) is 86.4 cm³/mol. The summed E-state index contributed by atoms with van der Waals surface area (Å²) in [6.45, 7) is 2.13. The van der Waals surface area contributed by atoms with Crippen LogP contribution in [-0.4, -0.2) is 0 Å². The Morgan fingerprint density at radius 2 is 1.81 bits per heavy atom. The fraction of sp³-hybridized carbons (Fsp3) is 0.294. The Labute approximate surface area is 132 Å². The van der Waals surface area contributed by atoms with Crippen molar-refractivity contribution in [2.45, 2.75) is 32.2 Å². The van der Waals surface area contributed by atoms with E-state index in [9.17, 15) is 8.78 Å². The number of rotatable bonds is 6. The molecule has 0 spiro atoms. The van der Waals surface area contributed by atoms with Crippen LogP contribution in [0, 0.1) is 11.6 Å². The second-order valence-corrected chi connectivity index (χ2v) is 5.87. The third kappa shape index (κ3) is 4.53. The first kappa shape index (κ1) is 16.0. The standard InChI is InChI=1S/C17H18BrF2N/c1-2-3-4-17(12-5-7-13(19)8-6-12)21-14-9-10-15(18)16(20)11-14/h5-11,17,21H,2-4H2,1H3. The van der Waals surface area contributed by atoms with Crippen LogP contribution in [0.15, 0.2) is 46.9 Å². The van der Waals surface area contributed by atoms with Gasteiger partial charge in [0.1, 0.15) is 11.6 Å². The third-order valence-electron chi connectivity index (χ3n) is 3.38. The smallest absolute Gasteiger partial charge is 0.139 e. The number of hydrogen-bond acceptors (Lipinski definition) is 1. The maximum Gasteiger partial charge on any atom is 0.139 e. The highest BCUT2D eigenvalue weighted by atomic mass is 79.9. The molecule has 2 rings (SSSR count). The molecule has 0 amide bonds. The molecule has 0 aliphatic rings. The van der Waals surface area contributed by atoms with E-state index in [2.05, 4.69) is 28.2 Å². The Kier molecular flexibility index (Phi) is 5.74. The maximum absolute atomic E-state index is 13.6. The van der Waals surface area contributed by atoms with Crippen LogP contribution in [0.2, 0.25) is 0 Å². The van der Waals surface area contributed by atoms with Gasteiger partial charge >= 0.3 is 0 Å². The molecule has 0 radical (unpaired) electrons. The van der Waals surface area contributed by atoms with Crippen molar-refractivity contribution in [3.63, 3.8) is 0 Å². The van der Waals surface area contributed by atoms with E-state index in [1.807, 2.05) is 6.07 Å². The lowest BCUT2D eigenvalue weighted by Crippen LogP contribution is -2.11. The fourth-order valence-electron chi connectivity index (χ4n) is 2.21. The molecule has 1 unspecified atom stereocenters. The zero-order chi connectivity index (χ0) is 15.2. The first-order chi connectivity index (χ1) is 10.1. The third-order valence-corrected chi connectivity index (χ3v) is 4.02. The second-order valence-electron chi connectivity index (χ2n) is 5.02. The van der Waals surface area contributed by atoms with Crippen molar-refractivity contribution in [1.29, 1.82) is 0 Å². The van der Waals surface area contributed by atoms with E-state index in [1.54, 1.807) is 18.2 Å². The van der Waals surface area contributed by atoms with E-state index >= 15 is 0 Å². The highest BCUT2D eigenvalue weighted by molar-refractivity contribution is 9.10. The van der Waals surface area contributed by atoms with Crippen LogP contribution in [0.3, 0.4) is 0 Å². The number of nitrogens with one attached hydrogen (secondary N) is 1. The molecule has 1 atom stereocenters. The first-order valence-corrected chi connectivity index (χ1v) is 7.86. The number of hydrogen-bond donors (Lipinski definition) is 1. The van der Waals surface area contributed by atoms with Crippen molar-refractivity contribution in [2.75, 3.05) is 5.32 Å². The molecule has 0 saturated heterocycles. The van der Waals surface area contributed by atoms with Gasteiger partial charge in [0.15, 0.2) is 0 Å². The minimum absolute atomic E-state index is 0.0473. The summed E-state index contributed by atoms with van der Waals surface area (Å²) in [5.74, 6) is -0.545. The highest BCUT2D eigenvalue weighted by Crippen LogP contribution is 2.27. The summed E-state index contributed by atoms with van der Waals surface area (Å²) in [5.41, 5.74) is 1.73. The van der Waals surface area contributed by atoms with Gasteiger partial charge in [0.05, 0.1) is 10.5 Å². The molecule has 2 aromatic carbocycles. The molecule has 1 nitrogen and oxygen atoms in total. The lowest BCUT2D eigenvalue weighted by atomic mass is 10.0. The van der Waals surface area contributed by atoms with E-state index in [-0.39, 0.29) is 17.7 Å². The molecule has 0 saturated carbocycles. The van der Waals surface area contributed by atoms with Gasteiger partial charge in [-0.15, -0.1) is 0 Å². The molecule has 1 N–H and O–H groups in total. The van der Waals surface area contributed by atoms with Gasteiger partial charge in [0.25, 0.3) is 0 Å². The van der Waals surface area contributed by atoms with E-state index in [0.717, 1.165) is 30.5 Å². The van der Waals surface area contributed by atoms with Crippen molar-refractivity contribution in [1.82, 2.24) is 0 Å². The molecular weight excluding hydrogens is 336 g/mol. The van der Waals surface area contributed by atoms with E-state index < -0.39 is 0 Å². The zero-order valence-corrected chi connectivity index (χ0v) is 13.5. The average molecular weight is 354 g/mol. The Morgan fingerprint density at radius 1 is 1.10 bits per heavy atom. The van der Waals surface area contributed by atoms with Crippen molar-refractivity contribution in [2.24, 2.45) is 0 Å². The summed E-state index contributed by atoms with van der Waals surface area (Å²) >= 11 is 3.15. The molecule has 0 aliphatic carbocycles. The molecule has 21 heavy (non-hydrogen) atoms. The summed E-state index contributed by atoms with van der Waals surface area (Å²) < 4.78 is 27.1. The second kappa shape index (κ2) is 7.55. The molecule has 0 heterocycles. The molecule has 0 aliphatic heterocycles. The highest BCUT2D eigenvalue weighted by Gasteiger charge is 2.12. The fourth-order valence-corrected chi connectivity index (χ4v) is 2.46.